The fourth-order valence-corrected chi connectivity index (χ4v) is 1.52. The quantitative estimate of drug-likeness (QED) is 0.749. The van der Waals surface area contributed by atoms with Gasteiger partial charge in [-0.3, -0.25) is 0 Å². The topological polar surface area (TPSA) is 93.9 Å². The van der Waals surface area contributed by atoms with Gasteiger partial charge in [-0.05, 0) is 18.2 Å². The van der Waals surface area contributed by atoms with Gasteiger partial charge in [0.25, 0.3) is 0 Å². The van der Waals surface area contributed by atoms with Gasteiger partial charge in [-0.1, -0.05) is 6.07 Å². The van der Waals surface area contributed by atoms with Crippen molar-refractivity contribution in [2.75, 3.05) is 23.8 Å². The number of aliphatic hydroxyl groups excluding tert-OH is 1. The number of nitrogens with zero attached hydrogens (tertiary/aromatic N) is 3. The van der Waals surface area contributed by atoms with E-state index in [0.717, 1.165) is 5.69 Å². The van der Waals surface area contributed by atoms with Crippen molar-refractivity contribution in [1.82, 2.24) is 9.97 Å². The molecule has 0 aliphatic carbocycles. The molecule has 0 saturated heterocycles. The van der Waals surface area contributed by atoms with Crippen LogP contribution in [0.25, 0.3) is 0 Å². The Bertz CT molecular complexity index is 594. The zero-order valence-corrected chi connectivity index (χ0v) is 10.2. The smallest absolute Gasteiger partial charge is 0.135 e. The minimum atomic E-state index is 0.0387. The first-order chi connectivity index (χ1) is 9.31. The third kappa shape index (κ3) is 3.66. The molecule has 0 saturated carbocycles. The molecule has 2 rings (SSSR count). The van der Waals surface area contributed by atoms with Crippen molar-refractivity contribution in [2.45, 2.75) is 0 Å². The van der Waals surface area contributed by atoms with Crippen LogP contribution in [0.15, 0.2) is 36.7 Å². The number of nitriles is 1. The minimum Gasteiger partial charge on any atom is -0.395 e. The van der Waals surface area contributed by atoms with Gasteiger partial charge in [0.15, 0.2) is 0 Å². The van der Waals surface area contributed by atoms with E-state index >= 15 is 0 Å². The molecule has 6 heteroatoms. The average Bonchev–Trinajstić information content (AvgIpc) is 2.46. The second-order valence-electron chi connectivity index (χ2n) is 3.76. The maximum atomic E-state index is 8.83. The molecule has 0 bridgehead atoms. The number of hydrogen-bond acceptors (Lipinski definition) is 6. The van der Waals surface area contributed by atoms with E-state index in [1.54, 1.807) is 24.3 Å². The summed E-state index contributed by atoms with van der Waals surface area (Å²) in [7, 11) is 0. The maximum absolute atomic E-state index is 8.83. The Kier molecular flexibility index (Phi) is 4.26. The van der Waals surface area contributed by atoms with Gasteiger partial charge < -0.3 is 15.7 Å². The molecule has 2 aromatic rings. The van der Waals surface area contributed by atoms with E-state index in [4.69, 9.17) is 10.4 Å². The first kappa shape index (κ1) is 12.8. The Morgan fingerprint density at radius 2 is 2.05 bits per heavy atom. The Labute approximate surface area is 110 Å². The molecule has 0 spiro atoms. The van der Waals surface area contributed by atoms with Crippen LogP contribution in [0.4, 0.5) is 17.3 Å². The summed E-state index contributed by atoms with van der Waals surface area (Å²) in [5, 5.41) is 23.6. The zero-order valence-electron chi connectivity index (χ0n) is 10.2. The highest BCUT2D eigenvalue weighted by molar-refractivity contribution is 5.60. The summed E-state index contributed by atoms with van der Waals surface area (Å²) in [6.45, 7) is 0.470. The molecule has 0 atom stereocenters. The third-order valence-electron chi connectivity index (χ3n) is 2.35. The van der Waals surface area contributed by atoms with Crippen LogP contribution in [0.2, 0.25) is 0 Å². The lowest BCUT2D eigenvalue weighted by Crippen LogP contribution is -2.07. The standard InChI is InChI=1S/C13H13N5O/c14-8-10-2-1-3-11(6-10)18-13-7-12(15-4-5-19)16-9-17-13/h1-3,6-7,9,19H,4-5H2,(H2,15,16,17,18). The molecule has 96 valence electrons. The molecule has 19 heavy (non-hydrogen) atoms. The van der Waals surface area contributed by atoms with Crippen molar-refractivity contribution < 1.29 is 5.11 Å². The number of benzene rings is 1. The summed E-state index contributed by atoms with van der Waals surface area (Å²) in [5.41, 5.74) is 1.36. The van der Waals surface area contributed by atoms with E-state index in [2.05, 4.69) is 26.7 Å². The van der Waals surface area contributed by atoms with Crippen LogP contribution in [0.5, 0.6) is 0 Å². The molecule has 6 nitrogen and oxygen atoms in total. The Hall–Kier alpha value is -2.65. The van der Waals surface area contributed by atoms with Crippen molar-refractivity contribution in [3.8, 4) is 6.07 Å². The number of nitrogens with one attached hydrogen (secondary N) is 2. The Morgan fingerprint density at radius 1 is 1.21 bits per heavy atom. The van der Waals surface area contributed by atoms with Crippen LogP contribution in [0.1, 0.15) is 5.56 Å². The molecular formula is C13H13N5O. The molecule has 1 aromatic heterocycles. The van der Waals surface area contributed by atoms with Gasteiger partial charge in [0.1, 0.15) is 18.0 Å². The largest absolute Gasteiger partial charge is 0.395 e. The summed E-state index contributed by atoms with van der Waals surface area (Å²) in [5.74, 6) is 1.24. The van der Waals surface area contributed by atoms with Crippen LogP contribution in [-0.4, -0.2) is 28.2 Å². The predicted octanol–water partition coefficient (Wildman–Crippen LogP) is 1.50. The Balaban J connectivity index is 2.12. The number of aliphatic hydroxyl groups is 1. The van der Waals surface area contributed by atoms with Gasteiger partial charge in [-0.2, -0.15) is 5.26 Å². The zero-order chi connectivity index (χ0) is 13.5. The van der Waals surface area contributed by atoms with Gasteiger partial charge in [0.2, 0.25) is 0 Å². The lowest BCUT2D eigenvalue weighted by atomic mass is 10.2. The molecule has 0 amide bonds. The highest BCUT2D eigenvalue weighted by Gasteiger charge is 2.00. The highest BCUT2D eigenvalue weighted by Crippen LogP contribution is 2.17. The molecule has 1 heterocycles. The van der Waals surface area contributed by atoms with E-state index in [1.807, 2.05) is 6.07 Å². The van der Waals surface area contributed by atoms with Gasteiger partial charge in [-0.15, -0.1) is 0 Å². The molecule has 0 aliphatic heterocycles. The summed E-state index contributed by atoms with van der Waals surface area (Å²) >= 11 is 0. The number of aromatic nitrogens is 2. The van der Waals surface area contributed by atoms with Gasteiger partial charge in [0.05, 0.1) is 18.2 Å². The molecule has 0 radical (unpaired) electrons. The minimum absolute atomic E-state index is 0.0387. The number of rotatable bonds is 5. The second kappa shape index (κ2) is 6.33. The number of anilines is 3. The first-order valence-electron chi connectivity index (χ1n) is 5.76. The van der Waals surface area contributed by atoms with Gasteiger partial charge >= 0.3 is 0 Å². The van der Waals surface area contributed by atoms with Crippen LogP contribution in [-0.2, 0) is 0 Å². The van der Waals surface area contributed by atoms with E-state index in [0.29, 0.717) is 23.7 Å². The van der Waals surface area contributed by atoms with Crippen molar-refractivity contribution in [3.05, 3.63) is 42.2 Å². The Morgan fingerprint density at radius 3 is 2.84 bits per heavy atom. The molecule has 1 aromatic carbocycles. The van der Waals surface area contributed by atoms with Crippen molar-refractivity contribution in [3.63, 3.8) is 0 Å². The van der Waals surface area contributed by atoms with Crippen LogP contribution < -0.4 is 10.6 Å². The predicted molar refractivity (Wildman–Crippen MR) is 72.0 cm³/mol. The molecular weight excluding hydrogens is 242 g/mol. The highest BCUT2D eigenvalue weighted by atomic mass is 16.3. The monoisotopic (exact) mass is 255 g/mol. The number of hydrogen-bond donors (Lipinski definition) is 3. The molecule has 0 unspecified atom stereocenters. The second-order valence-corrected chi connectivity index (χ2v) is 3.76. The third-order valence-corrected chi connectivity index (χ3v) is 2.35. The summed E-state index contributed by atoms with van der Waals surface area (Å²) in [6.07, 6.45) is 1.43. The lowest BCUT2D eigenvalue weighted by Gasteiger charge is -2.08. The average molecular weight is 255 g/mol. The summed E-state index contributed by atoms with van der Waals surface area (Å²) in [4.78, 5) is 8.12. The molecule has 3 N–H and O–H groups in total. The summed E-state index contributed by atoms with van der Waals surface area (Å²) in [6, 6.07) is 10.9. The van der Waals surface area contributed by atoms with E-state index in [-0.39, 0.29) is 6.61 Å². The molecule has 0 fully saturated rings. The van der Waals surface area contributed by atoms with Gasteiger partial charge in [0, 0.05) is 18.3 Å². The van der Waals surface area contributed by atoms with Crippen LogP contribution >= 0.6 is 0 Å². The lowest BCUT2D eigenvalue weighted by molar-refractivity contribution is 0.311. The fraction of sp³-hybridized carbons (Fsp3) is 0.154. The maximum Gasteiger partial charge on any atom is 0.135 e. The van der Waals surface area contributed by atoms with E-state index in [1.165, 1.54) is 6.33 Å². The van der Waals surface area contributed by atoms with Gasteiger partial charge in [-0.25, -0.2) is 9.97 Å². The van der Waals surface area contributed by atoms with Crippen LogP contribution in [0, 0.1) is 11.3 Å². The van der Waals surface area contributed by atoms with E-state index < -0.39 is 0 Å². The summed E-state index contributed by atoms with van der Waals surface area (Å²) < 4.78 is 0. The first-order valence-corrected chi connectivity index (χ1v) is 5.76. The normalized spacial score (nSPS) is 9.68. The van der Waals surface area contributed by atoms with Crippen molar-refractivity contribution in [2.24, 2.45) is 0 Å². The van der Waals surface area contributed by atoms with Crippen molar-refractivity contribution in [1.29, 1.82) is 5.26 Å². The van der Waals surface area contributed by atoms with Crippen molar-refractivity contribution >= 4 is 17.3 Å². The van der Waals surface area contributed by atoms with E-state index in [9.17, 15) is 0 Å². The fourth-order valence-electron chi connectivity index (χ4n) is 1.52. The SMILES string of the molecule is N#Cc1cccc(Nc2cc(NCCO)ncn2)c1. The van der Waals surface area contributed by atoms with Crippen LogP contribution in [0.3, 0.4) is 0 Å². The molecule has 0 aliphatic rings.